The number of halogens is 1. The first kappa shape index (κ1) is 22.7. The van der Waals surface area contributed by atoms with E-state index in [1.165, 1.54) is 0 Å². The van der Waals surface area contributed by atoms with E-state index in [2.05, 4.69) is 5.32 Å². The molecule has 33 heavy (non-hydrogen) atoms. The van der Waals surface area contributed by atoms with Gasteiger partial charge in [0.25, 0.3) is 5.91 Å². The van der Waals surface area contributed by atoms with Gasteiger partial charge in [-0.05, 0) is 73.0 Å². The Balaban J connectivity index is 1.56. The molecule has 0 aromatic heterocycles. The molecule has 7 heteroatoms. The summed E-state index contributed by atoms with van der Waals surface area (Å²) in [6.45, 7) is 3.69. The van der Waals surface area contributed by atoms with Crippen molar-refractivity contribution in [3.05, 3.63) is 88.4 Å². The zero-order valence-electron chi connectivity index (χ0n) is 18.7. The predicted molar refractivity (Wildman–Crippen MR) is 131 cm³/mol. The Morgan fingerprint density at radius 2 is 1.85 bits per heavy atom. The van der Waals surface area contributed by atoms with Crippen molar-refractivity contribution in [2.75, 3.05) is 30.4 Å². The van der Waals surface area contributed by atoms with E-state index in [1.54, 1.807) is 36.3 Å². The standard InChI is InChI=1S/C26H26ClN3O3/c1-18-7-12-24(23(15-18)28-25(31)20-8-10-22(33-2)11-9-20)30-14-4-13-29(26(30)32)17-19-5-3-6-21(27)16-19/h3,5-12,15-16H,4,13-14,17H2,1-2H3,(H,28,31). The fourth-order valence-corrected chi connectivity index (χ4v) is 4.14. The van der Waals surface area contributed by atoms with E-state index < -0.39 is 0 Å². The lowest BCUT2D eigenvalue weighted by Gasteiger charge is -2.36. The van der Waals surface area contributed by atoms with Crippen LogP contribution in [0.1, 0.15) is 27.9 Å². The van der Waals surface area contributed by atoms with Gasteiger partial charge < -0.3 is 15.0 Å². The maximum Gasteiger partial charge on any atom is 0.324 e. The van der Waals surface area contributed by atoms with Gasteiger partial charge in [0.05, 0.1) is 18.5 Å². The highest BCUT2D eigenvalue weighted by molar-refractivity contribution is 6.30. The molecule has 0 spiro atoms. The number of rotatable bonds is 6. The molecular formula is C26H26ClN3O3. The van der Waals surface area contributed by atoms with Crippen molar-refractivity contribution >= 4 is 34.9 Å². The molecule has 6 nitrogen and oxygen atoms in total. The van der Waals surface area contributed by atoms with Crippen LogP contribution < -0.4 is 15.0 Å². The summed E-state index contributed by atoms with van der Waals surface area (Å²) in [4.78, 5) is 29.8. The maximum atomic E-state index is 13.4. The molecule has 0 bridgehead atoms. The summed E-state index contributed by atoms with van der Waals surface area (Å²) in [5.41, 5.74) is 3.77. The van der Waals surface area contributed by atoms with Gasteiger partial charge in [-0.3, -0.25) is 9.69 Å². The first-order valence-electron chi connectivity index (χ1n) is 10.8. The van der Waals surface area contributed by atoms with Gasteiger partial charge in [-0.25, -0.2) is 4.79 Å². The highest BCUT2D eigenvalue weighted by atomic mass is 35.5. The van der Waals surface area contributed by atoms with Crippen LogP contribution in [0.5, 0.6) is 5.75 Å². The SMILES string of the molecule is COc1ccc(C(=O)Nc2cc(C)ccc2N2CCCN(Cc3cccc(Cl)c3)C2=O)cc1. The van der Waals surface area contributed by atoms with Crippen molar-refractivity contribution < 1.29 is 14.3 Å². The molecule has 0 saturated carbocycles. The third kappa shape index (κ3) is 5.29. The van der Waals surface area contributed by atoms with Gasteiger partial charge in [0, 0.05) is 30.2 Å². The normalized spacial score (nSPS) is 13.7. The molecule has 3 amide bonds. The number of ether oxygens (including phenoxy) is 1. The number of carbonyl (C=O) groups excluding carboxylic acids is 2. The zero-order valence-corrected chi connectivity index (χ0v) is 19.4. The Kier molecular flexibility index (Phi) is 6.84. The van der Waals surface area contributed by atoms with Crippen LogP contribution in [0.3, 0.4) is 0 Å². The molecule has 1 fully saturated rings. The summed E-state index contributed by atoms with van der Waals surface area (Å²) >= 11 is 6.11. The minimum Gasteiger partial charge on any atom is -0.497 e. The summed E-state index contributed by atoms with van der Waals surface area (Å²) in [5, 5.41) is 3.63. The summed E-state index contributed by atoms with van der Waals surface area (Å²) in [6, 6.07) is 20.1. The minimum atomic E-state index is -0.246. The number of methoxy groups -OCH3 is 1. The Bertz CT molecular complexity index is 1160. The molecule has 4 rings (SSSR count). The van der Waals surface area contributed by atoms with E-state index in [0.717, 1.165) is 17.5 Å². The van der Waals surface area contributed by atoms with Gasteiger partial charge in [-0.1, -0.05) is 29.8 Å². The van der Waals surface area contributed by atoms with Crippen LogP contribution in [0.15, 0.2) is 66.7 Å². The molecule has 0 aliphatic carbocycles. The average Bonchev–Trinajstić information content (AvgIpc) is 2.81. The summed E-state index contributed by atoms with van der Waals surface area (Å²) in [6.07, 6.45) is 0.825. The van der Waals surface area contributed by atoms with Gasteiger partial charge in [0.2, 0.25) is 0 Å². The number of benzene rings is 3. The lowest BCUT2D eigenvalue weighted by atomic mass is 10.1. The molecule has 1 aliphatic rings. The van der Waals surface area contributed by atoms with E-state index in [-0.39, 0.29) is 11.9 Å². The fraction of sp³-hybridized carbons (Fsp3) is 0.231. The van der Waals surface area contributed by atoms with Gasteiger partial charge in [-0.2, -0.15) is 0 Å². The van der Waals surface area contributed by atoms with Gasteiger partial charge in [0.1, 0.15) is 5.75 Å². The summed E-state index contributed by atoms with van der Waals surface area (Å²) < 4.78 is 5.16. The van der Waals surface area contributed by atoms with Crippen LogP contribution in [-0.2, 0) is 6.54 Å². The third-order valence-electron chi connectivity index (χ3n) is 5.62. The van der Waals surface area contributed by atoms with Crippen LogP contribution in [-0.4, -0.2) is 37.0 Å². The Morgan fingerprint density at radius 1 is 1.06 bits per heavy atom. The second-order valence-electron chi connectivity index (χ2n) is 8.04. The maximum absolute atomic E-state index is 13.4. The highest BCUT2D eigenvalue weighted by Gasteiger charge is 2.28. The number of amides is 3. The van der Waals surface area contributed by atoms with E-state index in [4.69, 9.17) is 16.3 Å². The third-order valence-corrected chi connectivity index (χ3v) is 5.85. The number of anilines is 2. The van der Waals surface area contributed by atoms with Crippen LogP contribution >= 0.6 is 11.6 Å². The first-order valence-corrected chi connectivity index (χ1v) is 11.2. The lowest BCUT2D eigenvalue weighted by Crippen LogP contribution is -2.49. The molecular weight excluding hydrogens is 438 g/mol. The smallest absolute Gasteiger partial charge is 0.324 e. The molecule has 170 valence electrons. The van der Waals surface area contributed by atoms with E-state index in [1.807, 2.05) is 54.3 Å². The Morgan fingerprint density at radius 3 is 2.58 bits per heavy atom. The summed E-state index contributed by atoms with van der Waals surface area (Å²) in [5.74, 6) is 0.436. The van der Waals surface area contributed by atoms with Crippen molar-refractivity contribution in [1.29, 1.82) is 0 Å². The number of hydrogen-bond donors (Lipinski definition) is 1. The lowest BCUT2D eigenvalue weighted by molar-refractivity contribution is 0.102. The Hall–Kier alpha value is -3.51. The fourth-order valence-electron chi connectivity index (χ4n) is 3.93. The van der Waals surface area contributed by atoms with Crippen molar-refractivity contribution in [1.82, 2.24) is 4.90 Å². The largest absolute Gasteiger partial charge is 0.497 e. The topological polar surface area (TPSA) is 61.9 Å². The van der Waals surface area contributed by atoms with Crippen LogP contribution in [0, 0.1) is 6.92 Å². The number of hydrogen-bond acceptors (Lipinski definition) is 3. The van der Waals surface area contributed by atoms with Crippen molar-refractivity contribution in [2.24, 2.45) is 0 Å². The number of aryl methyl sites for hydroxylation is 1. The molecule has 0 atom stereocenters. The average molecular weight is 464 g/mol. The van der Waals surface area contributed by atoms with Crippen LogP contribution in [0.4, 0.5) is 16.2 Å². The monoisotopic (exact) mass is 463 g/mol. The highest BCUT2D eigenvalue weighted by Crippen LogP contribution is 2.31. The van der Waals surface area contributed by atoms with Crippen LogP contribution in [0.2, 0.25) is 5.02 Å². The van der Waals surface area contributed by atoms with Gasteiger partial charge in [-0.15, -0.1) is 0 Å². The molecule has 3 aromatic rings. The van der Waals surface area contributed by atoms with Crippen molar-refractivity contribution in [3.63, 3.8) is 0 Å². The second kappa shape index (κ2) is 9.96. The molecule has 1 heterocycles. The molecule has 3 aromatic carbocycles. The summed E-state index contributed by atoms with van der Waals surface area (Å²) in [7, 11) is 1.58. The number of carbonyl (C=O) groups is 2. The first-order chi connectivity index (χ1) is 15.9. The minimum absolute atomic E-state index is 0.0926. The molecule has 1 saturated heterocycles. The molecule has 0 radical (unpaired) electrons. The number of urea groups is 1. The van der Waals surface area contributed by atoms with Crippen molar-refractivity contribution in [2.45, 2.75) is 19.9 Å². The van der Waals surface area contributed by atoms with Gasteiger partial charge >= 0.3 is 6.03 Å². The van der Waals surface area contributed by atoms with E-state index in [0.29, 0.717) is 47.3 Å². The molecule has 1 N–H and O–H groups in total. The molecule has 0 unspecified atom stereocenters. The number of nitrogens with zero attached hydrogens (tertiary/aromatic N) is 2. The van der Waals surface area contributed by atoms with E-state index >= 15 is 0 Å². The Labute approximate surface area is 198 Å². The molecule has 1 aliphatic heterocycles. The van der Waals surface area contributed by atoms with Crippen molar-refractivity contribution in [3.8, 4) is 5.75 Å². The van der Waals surface area contributed by atoms with Crippen LogP contribution in [0.25, 0.3) is 0 Å². The van der Waals surface area contributed by atoms with Gasteiger partial charge in [0.15, 0.2) is 0 Å². The van der Waals surface area contributed by atoms with E-state index in [9.17, 15) is 9.59 Å². The quantitative estimate of drug-likeness (QED) is 0.507. The second-order valence-corrected chi connectivity index (χ2v) is 8.48. The number of nitrogens with one attached hydrogen (secondary N) is 1. The predicted octanol–water partition coefficient (Wildman–Crippen LogP) is 5.74. The zero-order chi connectivity index (χ0) is 23.4.